The van der Waals surface area contributed by atoms with Crippen molar-refractivity contribution < 1.29 is 0 Å². The molecule has 1 aromatic rings. The molecular weight excluding hydrogens is 198 g/mol. The Labute approximate surface area is 87.2 Å². The number of aromatic amines is 1. The molecule has 1 saturated heterocycles. The first-order chi connectivity index (χ1) is 6.75. The Kier molecular flexibility index (Phi) is 2.79. The maximum absolute atomic E-state index is 10.9. The van der Waals surface area contributed by atoms with E-state index in [-0.39, 0.29) is 5.56 Å². The first-order valence-electron chi connectivity index (χ1n) is 4.78. The van der Waals surface area contributed by atoms with Gasteiger partial charge in [-0.25, -0.2) is 0 Å². The van der Waals surface area contributed by atoms with Crippen molar-refractivity contribution in [2.75, 3.05) is 19.6 Å². The highest BCUT2D eigenvalue weighted by atomic mass is 32.1. The van der Waals surface area contributed by atoms with Crippen molar-refractivity contribution in [1.82, 2.24) is 14.5 Å². The number of hydrogen-bond donors (Lipinski definition) is 1. The second kappa shape index (κ2) is 4.06. The maximum Gasteiger partial charge on any atom is 0.251 e. The van der Waals surface area contributed by atoms with Gasteiger partial charge in [-0.2, -0.15) is 0 Å². The first-order valence-corrected chi connectivity index (χ1v) is 5.19. The van der Waals surface area contributed by atoms with Crippen LogP contribution in [0.1, 0.15) is 6.42 Å². The second-order valence-electron chi connectivity index (χ2n) is 3.50. The Balaban J connectivity index is 2.01. The molecule has 0 bridgehead atoms. The third kappa shape index (κ3) is 2.10. The van der Waals surface area contributed by atoms with Gasteiger partial charge in [-0.15, -0.1) is 0 Å². The van der Waals surface area contributed by atoms with Crippen molar-refractivity contribution >= 4 is 12.2 Å². The van der Waals surface area contributed by atoms with Gasteiger partial charge in [-0.05, 0) is 31.7 Å². The zero-order valence-corrected chi connectivity index (χ0v) is 8.72. The van der Waals surface area contributed by atoms with Gasteiger partial charge in [-0.1, -0.05) is 0 Å². The number of nitrogens with one attached hydrogen (secondary N) is 1. The van der Waals surface area contributed by atoms with Crippen LogP contribution in [-0.4, -0.2) is 34.1 Å². The largest absolute Gasteiger partial charge is 0.324 e. The van der Waals surface area contributed by atoms with E-state index in [1.54, 1.807) is 6.20 Å². The molecule has 0 aromatic carbocycles. The van der Waals surface area contributed by atoms with Crippen molar-refractivity contribution in [3.8, 4) is 0 Å². The molecule has 0 unspecified atom stereocenters. The molecule has 2 rings (SSSR count). The zero-order chi connectivity index (χ0) is 9.97. The minimum Gasteiger partial charge on any atom is -0.324 e. The van der Waals surface area contributed by atoms with E-state index >= 15 is 0 Å². The van der Waals surface area contributed by atoms with E-state index < -0.39 is 0 Å². The summed E-state index contributed by atoms with van der Waals surface area (Å²) >= 11 is 5.03. The Morgan fingerprint density at radius 1 is 1.43 bits per heavy atom. The fraction of sp³-hybridized carbons (Fsp3) is 0.556. The van der Waals surface area contributed by atoms with E-state index in [1.165, 1.54) is 25.6 Å². The predicted octanol–water partition coefficient (Wildman–Crippen LogP) is 0.612. The van der Waals surface area contributed by atoms with E-state index in [2.05, 4.69) is 9.88 Å². The number of rotatable bonds is 3. The Morgan fingerprint density at radius 2 is 2.21 bits per heavy atom. The molecule has 0 radical (unpaired) electrons. The average molecular weight is 211 g/mol. The van der Waals surface area contributed by atoms with E-state index in [4.69, 9.17) is 12.2 Å². The SMILES string of the molecule is O=c1ccn(CCN2CCC2)c(=S)[nH]1. The lowest BCUT2D eigenvalue weighted by Crippen LogP contribution is -2.39. The fourth-order valence-corrected chi connectivity index (χ4v) is 1.73. The molecule has 1 aromatic heterocycles. The van der Waals surface area contributed by atoms with Crippen LogP contribution in [0.2, 0.25) is 0 Å². The van der Waals surface area contributed by atoms with Gasteiger partial charge in [0.05, 0.1) is 0 Å². The summed E-state index contributed by atoms with van der Waals surface area (Å²) in [4.78, 5) is 15.9. The molecule has 0 atom stereocenters. The summed E-state index contributed by atoms with van der Waals surface area (Å²) in [6, 6.07) is 1.51. The van der Waals surface area contributed by atoms with Crippen LogP contribution in [-0.2, 0) is 6.54 Å². The molecular formula is C9H13N3OS. The molecule has 0 saturated carbocycles. The van der Waals surface area contributed by atoms with Crippen LogP contribution in [0.5, 0.6) is 0 Å². The minimum absolute atomic E-state index is 0.129. The van der Waals surface area contributed by atoms with Crippen molar-refractivity contribution in [2.24, 2.45) is 0 Å². The van der Waals surface area contributed by atoms with Gasteiger partial charge < -0.3 is 9.47 Å². The monoisotopic (exact) mass is 211 g/mol. The molecule has 1 N–H and O–H groups in total. The zero-order valence-electron chi connectivity index (χ0n) is 7.90. The summed E-state index contributed by atoms with van der Waals surface area (Å²) in [6.45, 7) is 4.25. The Bertz CT molecular complexity index is 419. The number of H-pyrrole nitrogens is 1. The summed E-state index contributed by atoms with van der Waals surface area (Å²) in [5.74, 6) is 0. The Hall–Kier alpha value is -0.940. The van der Waals surface area contributed by atoms with Crippen molar-refractivity contribution in [3.63, 3.8) is 0 Å². The van der Waals surface area contributed by atoms with Crippen LogP contribution in [0, 0.1) is 4.77 Å². The van der Waals surface area contributed by atoms with Gasteiger partial charge in [0.2, 0.25) is 0 Å². The summed E-state index contributed by atoms with van der Waals surface area (Å²) < 4.78 is 2.41. The quantitative estimate of drug-likeness (QED) is 0.745. The van der Waals surface area contributed by atoms with Gasteiger partial charge in [0.1, 0.15) is 0 Å². The summed E-state index contributed by atoms with van der Waals surface area (Å²) in [7, 11) is 0. The summed E-state index contributed by atoms with van der Waals surface area (Å²) in [6.07, 6.45) is 3.05. The van der Waals surface area contributed by atoms with E-state index in [1.807, 2.05) is 4.57 Å². The minimum atomic E-state index is -0.129. The lowest BCUT2D eigenvalue weighted by molar-refractivity contribution is 0.174. The second-order valence-corrected chi connectivity index (χ2v) is 3.89. The van der Waals surface area contributed by atoms with Crippen molar-refractivity contribution in [1.29, 1.82) is 0 Å². The van der Waals surface area contributed by atoms with E-state index in [0.29, 0.717) is 4.77 Å². The molecule has 14 heavy (non-hydrogen) atoms. The van der Waals surface area contributed by atoms with Gasteiger partial charge in [-0.3, -0.25) is 9.78 Å². The summed E-state index contributed by atoms with van der Waals surface area (Å²) in [5.41, 5.74) is -0.129. The molecule has 0 aliphatic carbocycles. The molecule has 1 aliphatic heterocycles. The lowest BCUT2D eigenvalue weighted by atomic mass is 10.2. The molecule has 5 heteroatoms. The number of aromatic nitrogens is 2. The van der Waals surface area contributed by atoms with Crippen molar-refractivity contribution in [3.05, 3.63) is 27.4 Å². The molecule has 1 aliphatic rings. The highest BCUT2D eigenvalue weighted by Gasteiger charge is 2.12. The average Bonchev–Trinajstić information content (AvgIpc) is 2.05. The molecule has 4 nitrogen and oxygen atoms in total. The smallest absolute Gasteiger partial charge is 0.251 e. The number of likely N-dealkylation sites (tertiary alicyclic amines) is 1. The molecule has 0 amide bonds. The van der Waals surface area contributed by atoms with Crippen molar-refractivity contribution in [2.45, 2.75) is 13.0 Å². The van der Waals surface area contributed by atoms with Crippen LogP contribution < -0.4 is 5.56 Å². The molecule has 76 valence electrons. The first kappa shape index (κ1) is 9.61. The maximum atomic E-state index is 10.9. The normalized spacial score (nSPS) is 16.6. The summed E-state index contributed by atoms with van der Waals surface area (Å²) in [5, 5.41) is 0. The Morgan fingerprint density at radius 3 is 2.79 bits per heavy atom. The van der Waals surface area contributed by atoms with Crippen LogP contribution in [0.25, 0.3) is 0 Å². The standard InChI is InChI=1S/C9H13N3OS/c13-8-2-5-12(9(14)10-8)7-6-11-3-1-4-11/h2,5H,1,3-4,6-7H2,(H,10,13,14). The third-order valence-corrected chi connectivity index (χ3v) is 2.84. The third-order valence-electron chi connectivity index (χ3n) is 2.50. The van der Waals surface area contributed by atoms with Gasteiger partial charge >= 0.3 is 0 Å². The highest BCUT2D eigenvalue weighted by molar-refractivity contribution is 7.71. The number of nitrogens with zero attached hydrogens (tertiary/aromatic N) is 2. The highest BCUT2D eigenvalue weighted by Crippen LogP contribution is 2.04. The van der Waals surface area contributed by atoms with Crippen LogP contribution >= 0.6 is 12.2 Å². The van der Waals surface area contributed by atoms with Crippen LogP contribution in [0.4, 0.5) is 0 Å². The fourth-order valence-electron chi connectivity index (χ4n) is 1.47. The lowest BCUT2D eigenvalue weighted by Gasteiger charge is -2.30. The van der Waals surface area contributed by atoms with Crippen LogP contribution in [0.3, 0.4) is 0 Å². The van der Waals surface area contributed by atoms with E-state index in [9.17, 15) is 4.79 Å². The predicted molar refractivity (Wildman–Crippen MR) is 56.9 cm³/mol. The van der Waals surface area contributed by atoms with E-state index in [0.717, 1.165) is 13.1 Å². The van der Waals surface area contributed by atoms with Gasteiger partial charge in [0, 0.05) is 25.4 Å². The molecule has 2 heterocycles. The molecule has 0 spiro atoms. The van der Waals surface area contributed by atoms with Crippen LogP contribution in [0.15, 0.2) is 17.1 Å². The van der Waals surface area contributed by atoms with Gasteiger partial charge in [0.15, 0.2) is 4.77 Å². The number of hydrogen-bond acceptors (Lipinski definition) is 3. The molecule has 1 fully saturated rings. The van der Waals surface area contributed by atoms with Gasteiger partial charge in [0.25, 0.3) is 5.56 Å². The topological polar surface area (TPSA) is 41.0 Å².